The van der Waals surface area contributed by atoms with Crippen LogP contribution in [0.2, 0.25) is 0 Å². The summed E-state index contributed by atoms with van der Waals surface area (Å²) in [6, 6.07) is 33.2. The zero-order valence-electron chi connectivity index (χ0n) is 16.6. The lowest BCUT2D eigenvalue weighted by Gasteiger charge is -2.13. The van der Waals surface area contributed by atoms with Crippen LogP contribution in [0.15, 0.2) is 91.0 Å². The maximum absolute atomic E-state index is 2.51. The second kappa shape index (κ2) is 5.99. The van der Waals surface area contributed by atoms with Crippen molar-refractivity contribution in [2.24, 2.45) is 0 Å². The van der Waals surface area contributed by atoms with Gasteiger partial charge in [-0.2, -0.15) is 0 Å². The number of hydrogen-bond donors (Lipinski definition) is 0. The Labute approximate surface area is 169 Å². The third-order valence-corrected chi connectivity index (χ3v) is 6.04. The van der Waals surface area contributed by atoms with Gasteiger partial charge in [0, 0.05) is 38.8 Å². The van der Waals surface area contributed by atoms with Crippen molar-refractivity contribution in [1.29, 1.82) is 0 Å². The van der Waals surface area contributed by atoms with E-state index in [0.29, 0.717) is 6.04 Å². The van der Waals surface area contributed by atoms with Gasteiger partial charge in [-0.25, -0.2) is 0 Å². The molecule has 2 nitrogen and oxygen atoms in total. The van der Waals surface area contributed by atoms with Crippen LogP contribution in [0.4, 0.5) is 0 Å². The van der Waals surface area contributed by atoms with Gasteiger partial charge in [-0.1, -0.05) is 60.7 Å². The molecule has 0 radical (unpaired) electrons. The minimum absolute atomic E-state index is 0.377. The summed E-state index contributed by atoms with van der Waals surface area (Å²) in [5.74, 6) is 0. The molecule has 6 rings (SSSR count). The van der Waals surface area contributed by atoms with Gasteiger partial charge in [0.1, 0.15) is 0 Å². The van der Waals surface area contributed by atoms with E-state index in [-0.39, 0.29) is 0 Å². The van der Waals surface area contributed by atoms with Crippen molar-refractivity contribution in [3.63, 3.8) is 0 Å². The molecule has 2 heteroatoms. The Morgan fingerprint density at radius 3 is 1.97 bits per heavy atom. The summed E-state index contributed by atoms with van der Waals surface area (Å²) in [5, 5.41) is 5.31. The molecule has 2 heterocycles. The molecule has 0 saturated carbocycles. The maximum atomic E-state index is 2.51. The normalized spacial score (nSPS) is 12.1. The summed E-state index contributed by atoms with van der Waals surface area (Å²) in [4.78, 5) is 0. The Morgan fingerprint density at radius 1 is 0.552 bits per heavy atom. The smallest absolute Gasteiger partial charge is 0.0595 e. The molecule has 6 aromatic rings. The molecule has 0 aliphatic heterocycles. The Hall–Kier alpha value is -3.52. The predicted molar refractivity (Wildman–Crippen MR) is 124 cm³/mol. The summed E-state index contributed by atoms with van der Waals surface area (Å²) >= 11 is 0. The lowest BCUT2D eigenvalue weighted by molar-refractivity contribution is 0.643. The van der Waals surface area contributed by atoms with E-state index >= 15 is 0 Å². The molecule has 0 fully saturated rings. The van der Waals surface area contributed by atoms with Crippen LogP contribution < -0.4 is 0 Å². The highest BCUT2D eigenvalue weighted by Crippen LogP contribution is 2.41. The molecule has 0 unspecified atom stereocenters. The maximum Gasteiger partial charge on any atom is 0.0595 e. The van der Waals surface area contributed by atoms with E-state index in [1.54, 1.807) is 0 Å². The van der Waals surface area contributed by atoms with E-state index in [4.69, 9.17) is 0 Å². The molecule has 0 aliphatic rings. The van der Waals surface area contributed by atoms with E-state index in [0.717, 1.165) is 0 Å². The Balaban J connectivity index is 1.92. The summed E-state index contributed by atoms with van der Waals surface area (Å²) < 4.78 is 4.90. The van der Waals surface area contributed by atoms with E-state index in [1.807, 2.05) is 0 Å². The lowest BCUT2D eigenvalue weighted by Crippen LogP contribution is -2.00. The molecule has 0 aliphatic carbocycles. The minimum atomic E-state index is 0.377. The quantitative estimate of drug-likeness (QED) is 0.297. The van der Waals surface area contributed by atoms with Gasteiger partial charge >= 0.3 is 0 Å². The monoisotopic (exact) mass is 374 g/mol. The lowest BCUT2D eigenvalue weighted by atomic mass is 10.1. The Bertz CT molecular complexity index is 1510. The highest BCUT2D eigenvalue weighted by Gasteiger charge is 2.20. The average molecular weight is 374 g/mol. The van der Waals surface area contributed by atoms with Gasteiger partial charge in [-0.05, 0) is 44.2 Å². The fourth-order valence-electron chi connectivity index (χ4n) is 4.93. The first-order valence-corrected chi connectivity index (χ1v) is 10.3. The second-order valence-electron chi connectivity index (χ2n) is 8.02. The van der Waals surface area contributed by atoms with Crippen LogP contribution in [0.5, 0.6) is 0 Å². The molecule has 0 spiro atoms. The minimum Gasteiger partial charge on any atom is -0.337 e. The van der Waals surface area contributed by atoms with Crippen LogP contribution in [0.3, 0.4) is 0 Å². The predicted octanol–water partition coefficient (Wildman–Crippen LogP) is 7.47. The molecule has 0 amide bonds. The van der Waals surface area contributed by atoms with E-state index in [2.05, 4.69) is 114 Å². The second-order valence-corrected chi connectivity index (χ2v) is 8.02. The number of para-hydroxylation sites is 3. The van der Waals surface area contributed by atoms with Crippen molar-refractivity contribution >= 4 is 43.6 Å². The third-order valence-electron chi connectivity index (χ3n) is 6.04. The van der Waals surface area contributed by atoms with E-state index < -0.39 is 0 Å². The zero-order chi connectivity index (χ0) is 19.5. The fraction of sp³-hybridized carbons (Fsp3) is 0.111. The Kier molecular flexibility index (Phi) is 3.39. The standard InChI is InChI=1S/C27H22N2/c1-18(2)28-23-14-8-6-12-20(23)21-16-17-25-26(27(21)28)22-13-7-9-15-24(22)29(25)19-10-4-3-5-11-19/h3-18H,1-2H3. The highest BCUT2D eigenvalue weighted by molar-refractivity contribution is 6.25. The molecular formula is C27H22N2. The van der Waals surface area contributed by atoms with Crippen LogP contribution in [0, 0.1) is 0 Å². The van der Waals surface area contributed by atoms with Crippen LogP contribution in [-0.4, -0.2) is 9.13 Å². The van der Waals surface area contributed by atoms with E-state index in [9.17, 15) is 0 Å². The zero-order valence-corrected chi connectivity index (χ0v) is 16.6. The van der Waals surface area contributed by atoms with Gasteiger partial charge < -0.3 is 9.13 Å². The first kappa shape index (κ1) is 16.4. The van der Waals surface area contributed by atoms with E-state index in [1.165, 1.54) is 49.3 Å². The number of aromatic nitrogens is 2. The van der Waals surface area contributed by atoms with Crippen molar-refractivity contribution < 1.29 is 0 Å². The van der Waals surface area contributed by atoms with Gasteiger partial charge in [-0.3, -0.25) is 0 Å². The van der Waals surface area contributed by atoms with Crippen LogP contribution >= 0.6 is 0 Å². The molecule has 0 N–H and O–H groups in total. The average Bonchev–Trinajstić information content (AvgIpc) is 3.27. The Morgan fingerprint density at radius 2 is 1.21 bits per heavy atom. The molecule has 29 heavy (non-hydrogen) atoms. The largest absolute Gasteiger partial charge is 0.337 e. The molecule has 140 valence electrons. The van der Waals surface area contributed by atoms with Gasteiger partial charge in [-0.15, -0.1) is 0 Å². The molecule has 2 aromatic heterocycles. The molecule has 0 saturated heterocycles. The van der Waals surface area contributed by atoms with Crippen molar-refractivity contribution in [2.75, 3.05) is 0 Å². The number of benzene rings is 4. The third kappa shape index (κ3) is 2.17. The van der Waals surface area contributed by atoms with Crippen molar-refractivity contribution in [3.05, 3.63) is 91.0 Å². The number of hydrogen-bond acceptors (Lipinski definition) is 0. The van der Waals surface area contributed by atoms with Gasteiger partial charge in [0.15, 0.2) is 0 Å². The summed E-state index contributed by atoms with van der Waals surface area (Å²) in [7, 11) is 0. The van der Waals surface area contributed by atoms with Crippen molar-refractivity contribution in [1.82, 2.24) is 9.13 Å². The van der Waals surface area contributed by atoms with Crippen molar-refractivity contribution in [2.45, 2.75) is 19.9 Å². The topological polar surface area (TPSA) is 9.86 Å². The van der Waals surface area contributed by atoms with Crippen LogP contribution in [0.1, 0.15) is 19.9 Å². The first-order valence-electron chi connectivity index (χ1n) is 10.3. The molecule has 0 bridgehead atoms. The first-order chi connectivity index (χ1) is 14.3. The SMILES string of the molecule is CC(C)n1c2ccccc2c2ccc3c(c4ccccc4n3-c3ccccc3)c21. The van der Waals surface area contributed by atoms with Crippen LogP contribution in [0.25, 0.3) is 49.3 Å². The van der Waals surface area contributed by atoms with Gasteiger partial charge in [0.2, 0.25) is 0 Å². The van der Waals surface area contributed by atoms with Gasteiger partial charge in [0.05, 0.1) is 16.6 Å². The number of fused-ring (bicyclic) bond motifs is 7. The molecular weight excluding hydrogens is 352 g/mol. The van der Waals surface area contributed by atoms with Gasteiger partial charge in [0.25, 0.3) is 0 Å². The molecule has 0 atom stereocenters. The number of rotatable bonds is 2. The molecule has 4 aromatic carbocycles. The van der Waals surface area contributed by atoms with Crippen molar-refractivity contribution in [3.8, 4) is 5.69 Å². The summed E-state index contributed by atoms with van der Waals surface area (Å²) in [5.41, 5.74) is 6.35. The summed E-state index contributed by atoms with van der Waals surface area (Å²) in [6.45, 7) is 4.56. The van der Waals surface area contributed by atoms with Crippen LogP contribution in [-0.2, 0) is 0 Å². The number of nitrogens with zero attached hydrogens (tertiary/aromatic N) is 2. The summed E-state index contributed by atoms with van der Waals surface area (Å²) in [6.07, 6.45) is 0. The fourth-order valence-corrected chi connectivity index (χ4v) is 4.93. The highest BCUT2D eigenvalue weighted by atomic mass is 15.0.